The van der Waals surface area contributed by atoms with E-state index >= 15 is 0 Å². The summed E-state index contributed by atoms with van der Waals surface area (Å²) in [7, 11) is 0. The van der Waals surface area contributed by atoms with Crippen molar-refractivity contribution in [2.75, 3.05) is 6.61 Å². The van der Waals surface area contributed by atoms with Crippen LogP contribution in [0, 0.1) is 52.8 Å². The molecule has 2 fully saturated rings. The Morgan fingerprint density at radius 3 is 1.77 bits per heavy atom. The Bertz CT molecular complexity index is 1080. The molecule has 0 bridgehead atoms. The Morgan fingerprint density at radius 1 is 0.718 bits per heavy atom. The van der Waals surface area contributed by atoms with Crippen LogP contribution in [0.5, 0.6) is 11.5 Å². The zero-order valence-corrected chi connectivity index (χ0v) is 22.4. The van der Waals surface area contributed by atoms with Crippen molar-refractivity contribution in [3.05, 3.63) is 58.9 Å². The van der Waals surface area contributed by atoms with E-state index in [0.717, 1.165) is 55.6 Å². The van der Waals surface area contributed by atoms with Gasteiger partial charge in [0, 0.05) is 24.3 Å². The highest BCUT2D eigenvalue weighted by Gasteiger charge is 2.31. The lowest BCUT2D eigenvalue weighted by atomic mass is 9.69. The minimum absolute atomic E-state index is 0.0519. The Labute approximate surface area is 227 Å². The van der Waals surface area contributed by atoms with Crippen LogP contribution in [0.1, 0.15) is 94.3 Å². The molecule has 2 aliphatic carbocycles. The van der Waals surface area contributed by atoms with Gasteiger partial charge in [0.25, 0.3) is 0 Å². The van der Waals surface area contributed by atoms with E-state index in [0.29, 0.717) is 24.7 Å². The summed E-state index contributed by atoms with van der Waals surface area (Å²) in [6, 6.07) is 2.60. The molecule has 0 saturated heterocycles. The lowest BCUT2D eigenvalue weighted by molar-refractivity contribution is 0.0723. The topological polar surface area (TPSA) is 35.5 Å². The first-order chi connectivity index (χ1) is 18.7. The monoisotopic (exact) mass is 552 g/mol. The van der Waals surface area contributed by atoms with Gasteiger partial charge in [-0.05, 0) is 62.2 Å². The van der Waals surface area contributed by atoms with Crippen LogP contribution in [0.4, 0.5) is 22.0 Å². The molecule has 0 heterocycles. The zero-order chi connectivity index (χ0) is 27.9. The maximum absolute atomic E-state index is 14.6. The third-order valence-electron chi connectivity index (χ3n) is 8.54. The Morgan fingerprint density at radius 2 is 1.23 bits per heavy atom. The van der Waals surface area contributed by atoms with Gasteiger partial charge in [0.2, 0.25) is 0 Å². The van der Waals surface area contributed by atoms with Crippen LogP contribution in [-0.2, 0) is 0 Å². The summed E-state index contributed by atoms with van der Waals surface area (Å²) in [5.74, 6) is -6.91. The van der Waals surface area contributed by atoms with Gasteiger partial charge in [-0.3, -0.25) is 0 Å². The zero-order valence-electron chi connectivity index (χ0n) is 22.4. The Kier molecular flexibility index (Phi) is 10.2. The summed E-state index contributed by atoms with van der Waals surface area (Å²) in [5, 5.41) is 0. The molecule has 0 unspecified atom stereocenters. The normalized spacial score (nSPS) is 23.4. The predicted molar refractivity (Wildman–Crippen MR) is 138 cm³/mol. The molecule has 8 heteroatoms. The Balaban J connectivity index is 1.24. The van der Waals surface area contributed by atoms with Gasteiger partial charge >= 0.3 is 5.97 Å². The fraction of sp³-hybridized carbons (Fsp3) is 0.581. The van der Waals surface area contributed by atoms with Crippen LogP contribution in [0.25, 0.3) is 0 Å². The molecule has 3 nitrogen and oxygen atoms in total. The molecule has 0 atom stereocenters. The molecule has 39 heavy (non-hydrogen) atoms. The van der Waals surface area contributed by atoms with Crippen molar-refractivity contribution in [2.45, 2.75) is 84.0 Å². The van der Waals surface area contributed by atoms with Crippen molar-refractivity contribution in [2.24, 2.45) is 23.7 Å². The quantitative estimate of drug-likeness (QED) is 0.0969. The molecule has 2 aromatic rings. The molecule has 0 aromatic heterocycles. The number of hydrogen-bond donors (Lipinski definition) is 0. The van der Waals surface area contributed by atoms with Gasteiger partial charge in [0.1, 0.15) is 28.7 Å². The molecule has 0 aliphatic heterocycles. The lowest BCUT2D eigenvalue weighted by Crippen LogP contribution is -2.27. The van der Waals surface area contributed by atoms with Crippen LogP contribution >= 0.6 is 0 Å². The molecule has 4 rings (SSSR count). The summed E-state index contributed by atoms with van der Waals surface area (Å²) in [6.45, 7) is 2.57. The second kappa shape index (κ2) is 13.6. The van der Waals surface area contributed by atoms with Crippen molar-refractivity contribution in [3.63, 3.8) is 0 Å². The average molecular weight is 553 g/mol. The van der Waals surface area contributed by atoms with Gasteiger partial charge in [-0.1, -0.05) is 45.4 Å². The fourth-order valence-corrected chi connectivity index (χ4v) is 6.25. The molecule has 2 aromatic carbocycles. The number of halogens is 5. The van der Waals surface area contributed by atoms with Gasteiger partial charge in [-0.25, -0.2) is 26.7 Å². The molecular formula is C31H37F5O3. The number of ether oxygens (including phenoxy) is 2. The summed E-state index contributed by atoms with van der Waals surface area (Å²) in [5.41, 5.74) is -1.03. The first kappa shape index (κ1) is 29.3. The fourth-order valence-electron chi connectivity index (χ4n) is 6.25. The van der Waals surface area contributed by atoms with Crippen LogP contribution in [-0.4, -0.2) is 12.6 Å². The highest BCUT2D eigenvalue weighted by atomic mass is 19.2. The second-order valence-electron chi connectivity index (χ2n) is 11.2. The molecule has 0 amide bonds. The maximum Gasteiger partial charge on any atom is 0.349 e. The molecular weight excluding hydrogens is 515 g/mol. The number of esters is 1. The standard InChI is InChI=1S/C31H37F5O3/c1-2-3-4-5-19-6-10-21(11-7-19)22-12-8-20(9-13-22)18-38-23-14-25(32)29(26(33)15-23)31(37)39-24-16-27(34)30(36)28(35)17-24/h14-17,19-22H,2-13,18H2,1H3/t19-,20-,21-,22-. The minimum atomic E-state index is -1.75. The summed E-state index contributed by atoms with van der Waals surface area (Å²) in [4.78, 5) is 12.2. The molecule has 2 saturated carbocycles. The van der Waals surface area contributed by atoms with Crippen molar-refractivity contribution >= 4 is 5.97 Å². The third-order valence-corrected chi connectivity index (χ3v) is 8.54. The number of benzene rings is 2. The largest absolute Gasteiger partial charge is 0.493 e. The van der Waals surface area contributed by atoms with Gasteiger partial charge in [-0.2, -0.15) is 0 Å². The maximum atomic E-state index is 14.6. The summed E-state index contributed by atoms with van der Waals surface area (Å²) >= 11 is 0. The smallest absolute Gasteiger partial charge is 0.349 e. The number of carbonyl (C=O) groups excluding carboxylic acids is 1. The summed E-state index contributed by atoms with van der Waals surface area (Å²) in [6.07, 6.45) is 15.1. The van der Waals surface area contributed by atoms with Gasteiger partial charge < -0.3 is 9.47 Å². The van der Waals surface area contributed by atoms with Crippen LogP contribution in [0.2, 0.25) is 0 Å². The van der Waals surface area contributed by atoms with Gasteiger partial charge in [0.15, 0.2) is 17.5 Å². The van der Waals surface area contributed by atoms with Gasteiger partial charge in [0.05, 0.1) is 6.61 Å². The van der Waals surface area contributed by atoms with E-state index in [4.69, 9.17) is 4.74 Å². The van der Waals surface area contributed by atoms with Crippen molar-refractivity contribution in [1.29, 1.82) is 0 Å². The first-order valence-corrected chi connectivity index (χ1v) is 14.2. The first-order valence-electron chi connectivity index (χ1n) is 14.2. The number of hydrogen-bond acceptors (Lipinski definition) is 3. The van der Waals surface area contributed by atoms with E-state index in [2.05, 4.69) is 11.7 Å². The van der Waals surface area contributed by atoms with Crippen molar-refractivity contribution in [1.82, 2.24) is 0 Å². The van der Waals surface area contributed by atoms with Gasteiger partial charge in [-0.15, -0.1) is 0 Å². The SMILES string of the molecule is CCCCC[C@H]1CC[C@H]([C@H]2CC[C@H](COc3cc(F)c(C(=O)Oc4cc(F)c(F)c(F)c4)c(F)c3)CC2)CC1. The van der Waals surface area contributed by atoms with Crippen molar-refractivity contribution < 1.29 is 36.2 Å². The average Bonchev–Trinajstić information content (AvgIpc) is 2.91. The van der Waals surface area contributed by atoms with E-state index in [9.17, 15) is 26.7 Å². The molecule has 0 spiro atoms. The Hall–Kier alpha value is -2.64. The molecule has 214 valence electrons. The van der Waals surface area contributed by atoms with E-state index in [1.54, 1.807) is 0 Å². The molecule has 0 N–H and O–H groups in total. The predicted octanol–water partition coefficient (Wildman–Crippen LogP) is 9.17. The lowest BCUT2D eigenvalue weighted by Gasteiger charge is -2.38. The van der Waals surface area contributed by atoms with Crippen LogP contribution < -0.4 is 9.47 Å². The third kappa shape index (κ3) is 7.73. The second-order valence-corrected chi connectivity index (χ2v) is 11.2. The molecule has 0 radical (unpaired) electrons. The van der Waals surface area contributed by atoms with Crippen LogP contribution in [0.15, 0.2) is 24.3 Å². The molecule has 2 aliphatic rings. The number of rotatable bonds is 10. The highest BCUT2D eigenvalue weighted by molar-refractivity contribution is 5.91. The van der Waals surface area contributed by atoms with Crippen molar-refractivity contribution in [3.8, 4) is 11.5 Å². The highest BCUT2D eigenvalue weighted by Crippen LogP contribution is 2.42. The summed E-state index contributed by atoms with van der Waals surface area (Å²) < 4.78 is 79.3. The van der Waals surface area contributed by atoms with Crippen LogP contribution in [0.3, 0.4) is 0 Å². The van der Waals surface area contributed by atoms with E-state index < -0.39 is 46.4 Å². The van der Waals surface area contributed by atoms with E-state index in [1.165, 1.54) is 51.4 Å². The van der Waals surface area contributed by atoms with E-state index in [-0.39, 0.29) is 5.75 Å². The van der Waals surface area contributed by atoms with E-state index in [1.807, 2.05) is 0 Å². The minimum Gasteiger partial charge on any atom is -0.493 e. The number of unbranched alkanes of at least 4 members (excludes halogenated alkanes) is 2. The number of carbonyl (C=O) groups is 1.